The predicted octanol–water partition coefficient (Wildman–Crippen LogP) is 5.46. The Hall–Kier alpha value is -2.33. The van der Waals surface area contributed by atoms with E-state index in [4.69, 9.17) is 15.2 Å². The first-order valence-corrected chi connectivity index (χ1v) is 10.4. The lowest BCUT2D eigenvalue weighted by atomic mass is 10.2. The number of hydrogen-bond acceptors (Lipinski definition) is 5. The van der Waals surface area contributed by atoms with E-state index < -0.39 is 0 Å². The molecule has 6 nitrogen and oxygen atoms in total. The zero-order valence-electron chi connectivity index (χ0n) is 17.3. The maximum Gasteiger partial charge on any atom is 0.193 e. The summed E-state index contributed by atoms with van der Waals surface area (Å²) >= 11 is 1.63. The van der Waals surface area contributed by atoms with E-state index in [1.807, 2.05) is 57.2 Å². The summed E-state index contributed by atoms with van der Waals surface area (Å²) in [5, 5.41) is 4.12. The van der Waals surface area contributed by atoms with Crippen LogP contribution in [-0.2, 0) is 6.54 Å². The number of halogens is 1. The standard InChI is InChI=1S/C22H26N4O2S.HI/c1-4-27-17-11-12-19(28-5-2)18(13-17)26-22(23)24-14-20-15(3)25-21(29-20)16-9-7-6-8-10-16;/h6-13H,4-5,14H2,1-3H3,(H3,23,24,26);1H. The van der Waals surface area contributed by atoms with E-state index in [1.165, 1.54) is 0 Å². The summed E-state index contributed by atoms with van der Waals surface area (Å²) in [5.74, 6) is 1.76. The number of aryl methyl sites for hydroxylation is 1. The summed E-state index contributed by atoms with van der Waals surface area (Å²) in [6.45, 7) is 7.49. The quantitative estimate of drug-likeness (QED) is 0.226. The van der Waals surface area contributed by atoms with Crippen LogP contribution in [0.1, 0.15) is 24.4 Å². The highest BCUT2D eigenvalue weighted by Gasteiger charge is 2.10. The van der Waals surface area contributed by atoms with Gasteiger partial charge >= 0.3 is 0 Å². The molecule has 0 aliphatic rings. The summed E-state index contributed by atoms with van der Waals surface area (Å²) in [6, 6.07) is 15.7. The highest BCUT2D eigenvalue weighted by atomic mass is 127. The van der Waals surface area contributed by atoms with Crippen molar-refractivity contribution in [3.8, 4) is 22.1 Å². The number of aliphatic imine (C=N–C) groups is 1. The van der Waals surface area contributed by atoms with Gasteiger partial charge in [0.1, 0.15) is 16.5 Å². The molecule has 0 radical (unpaired) electrons. The number of nitrogens with two attached hydrogens (primary N) is 1. The first kappa shape index (κ1) is 23.9. The fourth-order valence-electron chi connectivity index (χ4n) is 2.76. The van der Waals surface area contributed by atoms with Gasteiger partial charge in [0, 0.05) is 16.5 Å². The summed E-state index contributed by atoms with van der Waals surface area (Å²) in [7, 11) is 0. The summed E-state index contributed by atoms with van der Waals surface area (Å²) < 4.78 is 11.2. The Labute approximate surface area is 198 Å². The second-order valence-corrected chi connectivity index (χ2v) is 7.33. The van der Waals surface area contributed by atoms with Gasteiger partial charge < -0.3 is 20.5 Å². The maximum atomic E-state index is 6.14. The van der Waals surface area contributed by atoms with Gasteiger partial charge in [0.2, 0.25) is 0 Å². The van der Waals surface area contributed by atoms with Gasteiger partial charge in [-0.2, -0.15) is 0 Å². The Morgan fingerprint density at radius 2 is 1.83 bits per heavy atom. The lowest BCUT2D eigenvalue weighted by molar-refractivity contribution is 0.332. The molecule has 30 heavy (non-hydrogen) atoms. The monoisotopic (exact) mass is 538 g/mol. The van der Waals surface area contributed by atoms with Crippen LogP contribution < -0.4 is 20.5 Å². The number of aromatic nitrogens is 1. The fourth-order valence-corrected chi connectivity index (χ4v) is 3.75. The molecule has 0 unspecified atom stereocenters. The number of rotatable bonds is 8. The number of nitrogens with zero attached hydrogens (tertiary/aromatic N) is 2. The second-order valence-electron chi connectivity index (χ2n) is 6.24. The highest BCUT2D eigenvalue weighted by molar-refractivity contribution is 14.0. The molecule has 1 aromatic heterocycles. The Kier molecular flexibility index (Phi) is 9.38. The van der Waals surface area contributed by atoms with E-state index in [0.29, 0.717) is 31.5 Å². The van der Waals surface area contributed by atoms with Crippen LogP contribution in [0.4, 0.5) is 5.69 Å². The normalized spacial score (nSPS) is 11.0. The Morgan fingerprint density at radius 1 is 1.10 bits per heavy atom. The maximum absolute atomic E-state index is 6.14. The fraction of sp³-hybridized carbons (Fsp3) is 0.273. The van der Waals surface area contributed by atoms with E-state index in [2.05, 4.69) is 27.4 Å². The smallest absolute Gasteiger partial charge is 0.193 e. The van der Waals surface area contributed by atoms with Crippen molar-refractivity contribution < 1.29 is 9.47 Å². The third-order valence-corrected chi connectivity index (χ3v) is 5.32. The van der Waals surface area contributed by atoms with E-state index in [0.717, 1.165) is 32.6 Å². The van der Waals surface area contributed by atoms with Crippen LogP contribution in [0, 0.1) is 6.92 Å². The average molecular weight is 538 g/mol. The van der Waals surface area contributed by atoms with Crippen molar-refractivity contribution in [3.63, 3.8) is 0 Å². The molecule has 8 heteroatoms. The van der Waals surface area contributed by atoms with E-state index in [1.54, 1.807) is 11.3 Å². The molecule has 0 aliphatic carbocycles. The molecule has 160 valence electrons. The Bertz CT molecular complexity index is 977. The van der Waals surface area contributed by atoms with Crippen LogP contribution >= 0.6 is 35.3 Å². The third-order valence-electron chi connectivity index (χ3n) is 4.13. The molecule has 0 aliphatic heterocycles. The number of hydrogen-bond donors (Lipinski definition) is 2. The van der Waals surface area contributed by atoms with Gasteiger partial charge in [-0.25, -0.2) is 9.98 Å². The largest absolute Gasteiger partial charge is 0.494 e. The SMILES string of the molecule is CCOc1ccc(OCC)c(NC(N)=NCc2sc(-c3ccccc3)nc2C)c1.I. The summed E-state index contributed by atoms with van der Waals surface area (Å²) in [6.07, 6.45) is 0. The van der Waals surface area contributed by atoms with Gasteiger partial charge in [-0.3, -0.25) is 0 Å². The van der Waals surface area contributed by atoms with Crippen molar-refractivity contribution in [2.45, 2.75) is 27.3 Å². The van der Waals surface area contributed by atoms with Crippen molar-refractivity contribution in [2.24, 2.45) is 10.7 Å². The summed E-state index contributed by atoms with van der Waals surface area (Å²) in [4.78, 5) is 10.2. The van der Waals surface area contributed by atoms with Crippen molar-refractivity contribution in [1.82, 2.24) is 4.98 Å². The number of nitrogens with one attached hydrogen (secondary N) is 1. The van der Waals surface area contributed by atoms with Crippen LogP contribution in [0.5, 0.6) is 11.5 Å². The highest BCUT2D eigenvalue weighted by Crippen LogP contribution is 2.30. The molecule has 0 saturated heterocycles. The van der Waals surface area contributed by atoms with E-state index in [-0.39, 0.29) is 24.0 Å². The molecule has 3 rings (SSSR count). The molecule has 0 spiro atoms. The lowest BCUT2D eigenvalue weighted by Gasteiger charge is -2.13. The third kappa shape index (κ3) is 6.33. The van der Waals surface area contributed by atoms with Gasteiger partial charge in [0.15, 0.2) is 5.96 Å². The molecular formula is C22H27IN4O2S. The van der Waals surface area contributed by atoms with Gasteiger partial charge in [-0.1, -0.05) is 30.3 Å². The number of ether oxygens (including phenoxy) is 2. The molecule has 3 N–H and O–H groups in total. The number of benzene rings is 2. The van der Waals surface area contributed by atoms with Gasteiger partial charge in [0.25, 0.3) is 0 Å². The summed E-state index contributed by atoms with van der Waals surface area (Å²) in [5.41, 5.74) is 8.94. The van der Waals surface area contributed by atoms with Gasteiger partial charge in [0.05, 0.1) is 31.1 Å². The van der Waals surface area contributed by atoms with Crippen LogP contribution in [0.25, 0.3) is 10.6 Å². The number of thiazole rings is 1. The van der Waals surface area contributed by atoms with Crippen molar-refractivity contribution in [1.29, 1.82) is 0 Å². The van der Waals surface area contributed by atoms with Crippen LogP contribution in [0.3, 0.4) is 0 Å². The first-order valence-electron chi connectivity index (χ1n) is 9.59. The Morgan fingerprint density at radius 3 is 2.53 bits per heavy atom. The van der Waals surface area contributed by atoms with Gasteiger partial charge in [-0.15, -0.1) is 35.3 Å². The van der Waals surface area contributed by atoms with E-state index >= 15 is 0 Å². The average Bonchev–Trinajstić information content (AvgIpc) is 3.10. The molecule has 0 bridgehead atoms. The van der Waals surface area contributed by atoms with Gasteiger partial charge in [-0.05, 0) is 32.9 Å². The van der Waals surface area contributed by atoms with Crippen molar-refractivity contribution >= 4 is 47.0 Å². The minimum Gasteiger partial charge on any atom is -0.494 e. The van der Waals surface area contributed by atoms with Crippen molar-refractivity contribution in [3.05, 3.63) is 59.1 Å². The van der Waals surface area contributed by atoms with Crippen LogP contribution in [0.15, 0.2) is 53.5 Å². The molecular weight excluding hydrogens is 511 g/mol. The first-order chi connectivity index (χ1) is 14.1. The van der Waals surface area contributed by atoms with Crippen LogP contribution in [0.2, 0.25) is 0 Å². The molecule has 2 aromatic carbocycles. The molecule has 0 saturated carbocycles. The molecule has 0 fully saturated rings. The molecule has 3 aromatic rings. The lowest BCUT2D eigenvalue weighted by Crippen LogP contribution is -2.23. The zero-order chi connectivity index (χ0) is 20.6. The minimum atomic E-state index is 0. The molecule has 0 atom stereocenters. The van der Waals surface area contributed by atoms with E-state index in [9.17, 15) is 0 Å². The molecule has 1 heterocycles. The number of anilines is 1. The minimum absolute atomic E-state index is 0. The zero-order valence-corrected chi connectivity index (χ0v) is 20.5. The predicted molar refractivity (Wildman–Crippen MR) is 135 cm³/mol. The van der Waals surface area contributed by atoms with Crippen LogP contribution in [-0.4, -0.2) is 24.2 Å². The molecule has 0 amide bonds. The Balaban J connectivity index is 0.00000320. The van der Waals surface area contributed by atoms with Crippen molar-refractivity contribution in [2.75, 3.05) is 18.5 Å². The number of guanidine groups is 1. The second kappa shape index (κ2) is 11.8. The topological polar surface area (TPSA) is 81.8 Å².